The van der Waals surface area contributed by atoms with E-state index in [0.29, 0.717) is 18.6 Å². The molecule has 168 valence electrons. The van der Waals surface area contributed by atoms with Crippen molar-refractivity contribution in [1.82, 2.24) is 24.7 Å². The second-order valence-corrected chi connectivity index (χ2v) is 8.76. The van der Waals surface area contributed by atoms with Gasteiger partial charge in [0.25, 0.3) is 11.5 Å². The van der Waals surface area contributed by atoms with Crippen LogP contribution in [0.3, 0.4) is 0 Å². The Morgan fingerprint density at radius 1 is 1.23 bits per heavy atom. The normalized spacial score (nSPS) is 23.3. The van der Waals surface area contributed by atoms with E-state index in [2.05, 4.69) is 20.3 Å². The fourth-order valence-electron chi connectivity index (χ4n) is 5.15. The summed E-state index contributed by atoms with van der Waals surface area (Å²) in [5.41, 5.74) is 0.744. The van der Waals surface area contributed by atoms with Crippen molar-refractivity contribution in [1.29, 1.82) is 0 Å². The minimum atomic E-state index is -0.415. The highest BCUT2D eigenvalue weighted by Gasteiger charge is 2.41. The first-order chi connectivity index (χ1) is 14.9. The number of aromatic nitrogens is 2. The molecule has 0 radical (unpaired) electrons. The van der Waals surface area contributed by atoms with Gasteiger partial charge in [0.05, 0.1) is 12.6 Å². The molecule has 0 saturated carbocycles. The maximum absolute atomic E-state index is 13.1. The quantitative estimate of drug-likeness (QED) is 0.729. The molecule has 2 aromatic rings. The van der Waals surface area contributed by atoms with Crippen LogP contribution in [0.5, 0.6) is 0 Å². The number of rotatable bonds is 6. The van der Waals surface area contributed by atoms with Gasteiger partial charge >= 0.3 is 6.09 Å². The van der Waals surface area contributed by atoms with Crippen LogP contribution < -0.4 is 16.2 Å². The Bertz CT molecular complexity index is 1010. The van der Waals surface area contributed by atoms with Crippen molar-refractivity contribution in [3.63, 3.8) is 0 Å². The van der Waals surface area contributed by atoms with Crippen LogP contribution in [0.25, 0.3) is 5.52 Å². The highest BCUT2D eigenvalue weighted by molar-refractivity contribution is 5.95. The number of nitrogens with zero attached hydrogens (tertiary/aromatic N) is 3. The van der Waals surface area contributed by atoms with Crippen molar-refractivity contribution in [3.8, 4) is 0 Å². The van der Waals surface area contributed by atoms with Crippen molar-refractivity contribution in [3.05, 3.63) is 40.3 Å². The number of methoxy groups -OCH3 is 1. The molecule has 4 rings (SSSR count). The predicted molar refractivity (Wildman–Crippen MR) is 116 cm³/mol. The summed E-state index contributed by atoms with van der Waals surface area (Å²) < 4.78 is 8.03. The monoisotopic (exact) mass is 429 g/mol. The zero-order valence-corrected chi connectivity index (χ0v) is 18.3. The molecule has 2 unspecified atom stereocenters. The van der Waals surface area contributed by atoms with Gasteiger partial charge in [-0.25, -0.2) is 9.48 Å². The summed E-state index contributed by atoms with van der Waals surface area (Å²) in [5, 5.41) is 5.86. The van der Waals surface area contributed by atoms with Crippen LogP contribution >= 0.6 is 0 Å². The third-order valence-corrected chi connectivity index (χ3v) is 6.50. The van der Waals surface area contributed by atoms with Gasteiger partial charge in [-0.05, 0) is 57.7 Å². The fourth-order valence-corrected chi connectivity index (χ4v) is 5.15. The van der Waals surface area contributed by atoms with E-state index in [1.165, 1.54) is 7.11 Å². The second kappa shape index (κ2) is 8.74. The number of alkyl carbamates (subject to hydrolysis) is 1. The average Bonchev–Trinajstić information content (AvgIpc) is 3.28. The lowest BCUT2D eigenvalue weighted by Gasteiger charge is -2.39. The molecular weight excluding hydrogens is 398 g/mol. The number of ether oxygens (including phenoxy) is 1. The summed E-state index contributed by atoms with van der Waals surface area (Å²) in [5.74, 6) is -0.298. The first-order valence-electron chi connectivity index (χ1n) is 11.0. The van der Waals surface area contributed by atoms with E-state index in [-0.39, 0.29) is 29.1 Å². The number of nitrogens with one attached hydrogen (secondary N) is 2. The van der Waals surface area contributed by atoms with Crippen molar-refractivity contribution < 1.29 is 14.3 Å². The fraction of sp³-hybridized carbons (Fsp3) is 0.591. The molecule has 31 heavy (non-hydrogen) atoms. The van der Waals surface area contributed by atoms with Gasteiger partial charge in [0, 0.05) is 43.5 Å². The lowest BCUT2D eigenvalue weighted by molar-refractivity contribution is 0.0842. The number of carbonyl (C=O) groups excluding carboxylic acids is 2. The maximum Gasteiger partial charge on any atom is 0.406 e. The van der Waals surface area contributed by atoms with Gasteiger partial charge in [-0.1, -0.05) is 0 Å². The van der Waals surface area contributed by atoms with E-state index >= 15 is 0 Å². The molecule has 2 aromatic heterocycles. The van der Waals surface area contributed by atoms with Crippen molar-refractivity contribution in [2.75, 3.05) is 20.2 Å². The van der Waals surface area contributed by atoms with E-state index in [0.717, 1.165) is 37.7 Å². The average molecular weight is 430 g/mol. The SMILES string of the molecule is COC(=O)NCCN1C2CCC1CC(NC(=O)c1cc3cccn3n(C(C)C)c1=O)C2. The molecule has 0 spiro atoms. The van der Waals surface area contributed by atoms with Gasteiger partial charge in [-0.3, -0.25) is 19.0 Å². The Kier molecular flexibility index (Phi) is 6.04. The molecule has 4 heterocycles. The van der Waals surface area contributed by atoms with Crippen LogP contribution in [-0.4, -0.2) is 64.4 Å². The van der Waals surface area contributed by atoms with Crippen LogP contribution in [0.4, 0.5) is 4.79 Å². The van der Waals surface area contributed by atoms with Crippen LogP contribution in [-0.2, 0) is 4.74 Å². The van der Waals surface area contributed by atoms with Crippen LogP contribution in [0.1, 0.15) is 55.9 Å². The molecule has 2 saturated heterocycles. The Balaban J connectivity index is 1.43. The molecule has 2 aliphatic heterocycles. The highest BCUT2D eigenvalue weighted by atomic mass is 16.5. The lowest BCUT2D eigenvalue weighted by atomic mass is 9.97. The largest absolute Gasteiger partial charge is 0.453 e. The predicted octanol–water partition coefficient (Wildman–Crippen LogP) is 1.76. The highest BCUT2D eigenvalue weighted by Crippen LogP contribution is 2.35. The van der Waals surface area contributed by atoms with Crippen LogP contribution in [0.15, 0.2) is 29.2 Å². The zero-order valence-electron chi connectivity index (χ0n) is 18.3. The number of fused-ring (bicyclic) bond motifs is 3. The van der Waals surface area contributed by atoms with Crippen LogP contribution in [0.2, 0.25) is 0 Å². The van der Waals surface area contributed by atoms with Gasteiger partial charge in [0.15, 0.2) is 0 Å². The third kappa shape index (κ3) is 4.19. The van der Waals surface area contributed by atoms with E-state index in [1.807, 2.05) is 32.2 Å². The minimum Gasteiger partial charge on any atom is -0.453 e. The van der Waals surface area contributed by atoms with Crippen molar-refractivity contribution >= 4 is 17.5 Å². The van der Waals surface area contributed by atoms with Gasteiger partial charge < -0.3 is 15.4 Å². The van der Waals surface area contributed by atoms with Gasteiger partial charge in [-0.2, -0.15) is 0 Å². The Morgan fingerprint density at radius 3 is 2.58 bits per heavy atom. The second-order valence-electron chi connectivity index (χ2n) is 8.76. The molecular formula is C22H31N5O4. The molecule has 2 fully saturated rings. The summed E-state index contributed by atoms with van der Waals surface area (Å²) in [6.07, 6.45) is 5.30. The van der Waals surface area contributed by atoms with E-state index in [1.54, 1.807) is 15.3 Å². The Hall–Kier alpha value is -2.81. The van der Waals surface area contributed by atoms with E-state index in [9.17, 15) is 14.4 Å². The number of carbonyl (C=O) groups is 2. The van der Waals surface area contributed by atoms with Crippen LogP contribution in [0, 0.1) is 0 Å². The van der Waals surface area contributed by atoms with E-state index < -0.39 is 6.09 Å². The first-order valence-corrected chi connectivity index (χ1v) is 11.0. The molecule has 9 nitrogen and oxygen atoms in total. The number of amides is 2. The molecule has 2 N–H and O–H groups in total. The first kappa shape index (κ1) is 21.4. The molecule has 2 amide bonds. The Morgan fingerprint density at radius 2 is 1.94 bits per heavy atom. The molecule has 0 aromatic carbocycles. The zero-order chi connectivity index (χ0) is 22.1. The number of piperidine rings is 1. The number of hydrogen-bond acceptors (Lipinski definition) is 5. The molecule has 2 aliphatic rings. The van der Waals surface area contributed by atoms with Gasteiger partial charge in [0.1, 0.15) is 5.56 Å². The maximum atomic E-state index is 13.1. The van der Waals surface area contributed by atoms with Crippen molar-refractivity contribution in [2.45, 2.75) is 63.7 Å². The smallest absolute Gasteiger partial charge is 0.406 e. The number of hydrogen-bond donors (Lipinski definition) is 2. The van der Waals surface area contributed by atoms with E-state index in [4.69, 9.17) is 0 Å². The van der Waals surface area contributed by atoms with Gasteiger partial charge in [0.2, 0.25) is 0 Å². The summed E-state index contributed by atoms with van der Waals surface area (Å²) in [6, 6.07) is 6.19. The van der Waals surface area contributed by atoms with Gasteiger partial charge in [-0.15, -0.1) is 0 Å². The molecule has 0 aliphatic carbocycles. The Labute approximate surface area is 181 Å². The lowest BCUT2D eigenvalue weighted by Crippen LogP contribution is -2.52. The topological polar surface area (TPSA) is 97.1 Å². The minimum absolute atomic E-state index is 0.0460. The summed E-state index contributed by atoms with van der Waals surface area (Å²) in [6.45, 7) is 5.19. The molecule has 2 bridgehead atoms. The summed E-state index contributed by atoms with van der Waals surface area (Å²) in [4.78, 5) is 39.8. The standard InChI is InChI=1S/C22H31N5O4/c1-14(2)27-21(29)19(13-18-5-4-9-26(18)27)20(28)24-15-11-16-6-7-17(12-15)25(16)10-8-23-22(30)31-3/h4-5,9,13-17H,6-8,10-12H2,1-3H3,(H,23,30)(H,24,28). The van der Waals surface area contributed by atoms with Crippen molar-refractivity contribution in [2.24, 2.45) is 0 Å². The summed E-state index contributed by atoms with van der Waals surface area (Å²) in [7, 11) is 1.36. The third-order valence-electron chi connectivity index (χ3n) is 6.50. The molecule has 9 heteroatoms. The summed E-state index contributed by atoms with van der Waals surface area (Å²) >= 11 is 0. The molecule has 2 atom stereocenters.